The van der Waals surface area contributed by atoms with Gasteiger partial charge < -0.3 is 48.5 Å². The molecule has 0 radical (unpaired) electrons. The average molecular weight is 634 g/mol. The van der Waals surface area contributed by atoms with Crippen LogP contribution in [0.3, 0.4) is 0 Å². The molecule has 1 amide bonds. The number of hydrogen-bond donors (Lipinski definition) is 2. The van der Waals surface area contributed by atoms with Crippen LogP contribution in [0, 0.1) is 5.82 Å². The minimum Gasteiger partial charge on any atom is -0.790 e. The fourth-order valence-electron chi connectivity index (χ4n) is 3.39. The first-order valence-electron chi connectivity index (χ1n) is 15.7. The molecule has 0 atom stereocenters. The van der Waals surface area contributed by atoms with Gasteiger partial charge in [0, 0.05) is 17.8 Å². The number of nitrogens with zero attached hydrogens (tertiary/aromatic N) is 4. The van der Waals surface area contributed by atoms with Gasteiger partial charge in [0.25, 0.3) is 5.91 Å². The Bertz CT molecular complexity index is 1820. The number of hydrogen-bond acceptors (Lipinski definition) is 14. The Balaban J connectivity index is 0.00000468. The van der Waals surface area contributed by atoms with Crippen LogP contribution in [0.4, 0.5) is 33.5 Å². The zero-order valence-corrected chi connectivity index (χ0v) is 27.2. The molecule has 0 saturated carbocycles. The summed E-state index contributed by atoms with van der Waals surface area (Å²) in [5.41, 5.74) is -1.85. The van der Waals surface area contributed by atoms with E-state index in [1.807, 2.05) is 0 Å². The zero-order chi connectivity index (χ0) is 37.6. The van der Waals surface area contributed by atoms with E-state index in [4.69, 9.17) is 32.7 Å². The number of amides is 1. The van der Waals surface area contributed by atoms with Crippen molar-refractivity contribution in [3.05, 3.63) is 36.3 Å². The predicted molar refractivity (Wildman–Crippen MR) is 135 cm³/mol. The van der Waals surface area contributed by atoms with Crippen molar-refractivity contribution < 1.29 is 120 Å². The maximum Gasteiger partial charge on any atom is 1.00 e. The molecule has 1 aliphatic heterocycles. The van der Waals surface area contributed by atoms with Crippen molar-refractivity contribution in [3.8, 4) is 23.0 Å². The molecule has 15 nitrogen and oxygen atoms in total. The maximum atomic E-state index is 15.1. The molecule has 3 heterocycles. The molecule has 0 saturated heterocycles. The van der Waals surface area contributed by atoms with Crippen molar-refractivity contribution in [3.63, 3.8) is 0 Å². The number of halogens is 1. The number of rotatable bonds is 10. The van der Waals surface area contributed by atoms with E-state index in [-0.39, 0.29) is 82.2 Å². The van der Waals surface area contributed by atoms with Gasteiger partial charge in [0.15, 0.2) is 40.3 Å². The summed E-state index contributed by atoms with van der Waals surface area (Å²) in [4.78, 5) is 47.5. The van der Waals surface area contributed by atoms with E-state index in [1.54, 1.807) is 0 Å². The second kappa shape index (κ2) is 14.5. The number of phosphoric ester groups is 1. The average Bonchev–Trinajstić information content (AvgIpc) is 2.91. The maximum absolute atomic E-state index is 15.1. The fourth-order valence-corrected chi connectivity index (χ4v) is 3.65. The number of aromatic nitrogens is 3. The SMILES string of the molecule is [2H]c1nc(Nc2cc(OC([2H])([2H])[2H])c(OC([2H])([2H])[2H])c(OC([2H])([2H])[2H])c2)nc(Nc2ccc3c(n2)N(COP(=O)([O-])[O-])C(=O)C(C)(C)O3)c1F.[Na+].[Na+]. The summed E-state index contributed by atoms with van der Waals surface area (Å²) in [7, 11) is -15.2. The van der Waals surface area contributed by atoms with Crippen LogP contribution in [-0.2, 0) is 13.9 Å². The Morgan fingerprint density at radius 1 is 1.12 bits per heavy atom. The molecular formula is C23H24FN6Na2O9P. The number of phosphoric acid groups is 1. The van der Waals surface area contributed by atoms with Gasteiger partial charge in [-0.05, 0) is 26.0 Å². The van der Waals surface area contributed by atoms with Crippen LogP contribution in [0.25, 0.3) is 0 Å². The van der Waals surface area contributed by atoms with Crippen LogP contribution in [-0.4, -0.2) is 54.3 Å². The number of fused-ring (bicyclic) bond motifs is 1. The summed E-state index contributed by atoms with van der Waals surface area (Å²) >= 11 is 0. The van der Waals surface area contributed by atoms with Gasteiger partial charge in [-0.1, -0.05) is 0 Å². The van der Waals surface area contributed by atoms with E-state index >= 15 is 4.39 Å². The Morgan fingerprint density at radius 2 is 1.79 bits per heavy atom. The summed E-state index contributed by atoms with van der Waals surface area (Å²) < 4.78 is 125. The number of benzene rings is 1. The monoisotopic (exact) mass is 634 g/mol. The molecule has 0 aliphatic carbocycles. The molecule has 19 heteroatoms. The van der Waals surface area contributed by atoms with Crippen LogP contribution in [0.5, 0.6) is 23.0 Å². The zero-order valence-electron chi connectivity index (χ0n) is 32.3. The first-order chi connectivity index (χ1) is 22.7. The van der Waals surface area contributed by atoms with E-state index in [0.29, 0.717) is 4.90 Å². The van der Waals surface area contributed by atoms with Crippen molar-refractivity contribution in [2.75, 3.05) is 43.4 Å². The smallest absolute Gasteiger partial charge is 0.790 e. The summed E-state index contributed by atoms with van der Waals surface area (Å²) in [6.45, 7) is 1.65. The Morgan fingerprint density at radius 3 is 2.40 bits per heavy atom. The van der Waals surface area contributed by atoms with Crippen molar-refractivity contribution in [1.29, 1.82) is 0 Å². The van der Waals surface area contributed by atoms with E-state index < -0.39 is 88.2 Å². The molecule has 0 bridgehead atoms. The number of carbonyl (C=O) groups is 1. The molecule has 2 aromatic heterocycles. The normalized spacial score (nSPS) is 17.9. The molecule has 4 rings (SSSR count). The van der Waals surface area contributed by atoms with Gasteiger partial charge in [-0.25, -0.2) is 14.4 Å². The first-order valence-corrected chi connectivity index (χ1v) is 12.2. The Hall–Kier alpha value is -2.24. The molecule has 1 aromatic carbocycles. The summed E-state index contributed by atoms with van der Waals surface area (Å²) in [6.07, 6.45) is -1.01. The second-order valence-corrected chi connectivity index (χ2v) is 9.40. The largest absolute Gasteiger partial charge is 1.00 e. The standard InChI is InChI=1S/C23H26FN6O9P.2Na/c1-23(2)21(31)30(11-38-40(32,33)34)20-14(39-23)6-7-17(28-20)27-19-13(24)10-25-22(29-19)26-12-8-15(35-3)18(37-5)16(9-12)36-4;;/h6-10H,11H2,1-5H3,(H2,32,33,34)(H2,25,26,27,28,29);;/q;2*+1/p-2/i3D3,4D3,5D3,10D;;. The molecule has 0 spiro atoms. The van der Waals surface area contributed by atoms with Crippen molar-refractivity contribution >= 4 is 42.8 Å². The van der Waals surface area contributed by atoms with Gasteiger partial charge >= 0.3 is 59.1 Å². The van der Waals surface area contributed by atoms with Gasteiger partial charge in [-0.3, -0.25) is 9.69 Å². The number of ether oxygens (including phenoxy) is 4. The van der Waals surface area contributed by atoms with E-state index in [2.05, 4.69) is 30.1 Å². The van der Waals surface area contributed by atoms with Crippen LogP contribution in [0.15, 0.2) is 30.4 Å². The van der Waals surface area contributed by atoms with Crippen molar-refractivity contribution in [1.82, 2.24) is 15.0 Å². The first kappa shape index (κ1) is 23.2. The van der Waals surface area contributed by atoms with Gasteiger partial charge in [0.2, 0.25) is 11.7 Å². The summed E-state index contributed by atoms with van der Waals surface area (Å²) in [5, 5.41) is 4.92. The fraction of sp³-hybridized carbons (Fsp3) is 0.304. The number of carbonyl (C=O) groups excluding carboxylic acids is 1. The molecule has 0 fully saturated rings. The van der Waals surface area contributed by atoms with Crippen LogP contribution < -0.4 is 103 Å². The Kier molecular flexibility index (Phi) is 8.00. The third-order valence-electron chi connectivity index (χ3n) is 5.10. The minimum atomic E-state index is -5.54. The van der Waals surface area contributed by atoms with Gasteiger partial charge in [-0.2, -0.15) is 4.98 Å². The number of nitrogens with one attached hydrogen (secondary N) is 2. The van der Waals surface area contributed by atoms with Crippen molar-refractivity contribution in [2.45, 2.75) is 19.4 Å². The molecule has 42 heavy (non-hydrogen) atoms. The van der Waals surface area contributed by atoms with E-state index in [0.717, 1.165) is 12.1 Å². The van der Waals surface area contributed by atoms with Crippen LogP contribution >= 0.6 is 7.82 Å². The summed E-state index contributed by atoms with van der Waals surface area (Å²) in [5.74, 6) is -6.68. The number of anilines is 5. The third kappa shape index (κ3) is 8.23. The van der Waals surface area contributed by atoms with Crippen LogP contribution in [0.2, 0.25) is 0 Å². The second-order valence-electron chi connectivity index (χ2n) is 8.25. The predicted octanol–water partition coefficient (Wildman–Crippen LogP) is -4.16. The number of methoxy groups -OCH3 is 3. The molecule has 3 aromatic rings. The minimum absolute atomic E-state index is 0. The quantitative estimate of drug-likeness (QED) is 0.161. The summed E-state index contributed by atoms with van der Waals surface area (Å²) in [6, 6.07) is 4.20. The third-order valence-corrected chi connectivity index (χ3v) is 5.53. The topological polar surface area (TPSA) is 192 Å². The number of pyridine rings is 1. The molecular weight excluding hydrogens is 600 g/mol. The molecule has 2 N–H and O–H groups in total. The van der Waals surface area contributed by atoms with Crippen LogP contribution in [0.1, 0.15) is 27.6 Å². The molecule has 0 unspecified atom stereocenters. The van der Waals surface area contributed by atoms with E-state index in [1.165, 1.54) is 26.0 Å². The molecule has 1 aliphatic rings. The Labute approximate surface area is 298 Å². The van der Waals surface area contributed by atoms with E-state index in [9.17, 15) is 19.1 Å². The molecule has 214 valence electrons. The van der Waals surface area contributed by atoms with Gasteiger partial charge in [-0.15, -0.1) is 0 Å². The van der Waals surface area contributed by atoms with Crippen molar-refractivity contribution in [2.24, 2.45) is 0 Å². The van der Waals surface area contributed by atoms with Gasteiger partial charge in [0.1, 0.15) is 12.5 Å². The van der Waals surface area contributed by atoms with Gasteiger partial charge in [0.05, 0.1) is 48.8 Å².